The molecule has 5 nitrogen and oxygen atoms in total. The molecule has 0 fully saturated rings. The van der Waals surface area contributed by atoms with Crippen LogP contribution in [0.15, 0.2) is 53.9 Å². The Kier molecular flexibility index (Phi) is 3.31. The van der Waals surface area contributed by atoms with Crippen LogP contribution in [0.2, 0.25) is 0 Å². The number of fused-ring (bicyclic) bond motifs is 1. The Balaban J connectivity index is 1.71. The molecule has 0 unspecified atom stereocenters. The van der Waals surface area contributed by atoms with Crippen LogP contribution >= 0.6 is 11.8 Å². The van der Waals surface area contributed by atoms with Crippen LogP contribution in [0.4, 0.5) is 5.69 Å². The molecule has 2 aromatic heterocycles. The molecule has 110 valence electrons. The lowest BCUT2D eigenvalue weighted by Crippen LogP contribution is -2.31. The van der Waals surface area contributed by atoms with Crippen molar-refractivity contribution in [2.45, 2.75) is 18.7 Å². The monoisotopic (exact) mass is 309 g/mol. The van der Waals surface area contributed by atoms with E-state index >= 15 is 0 Å². The van der Waals surface area contributed by atoms with Crippen molar-refractivity contribution < 1.29 is 0 Å². The topological polar surface area (TPSA) is 46.8 Å². The lowest BCUT2D eigenvalue weighted by molar-refractivity contribution is 0.607. The first-order valence-electron chi connectivity index (χ1n) is 7.10. The lowest BCUT2D eigenvalue weighted by Gasteiger charge is -2.30. The predicted molar refractivity (Wildman–Crippen MR) is 87.6 cm³/mol. The van der Waals surface area contributed by atoms with Gasteiger partial charge in [0.1, 0.15) is 0 Å². The number of aromatic nitrogens is 4. The average molecular weight is 309 g/mol. The fraction of sp³-hybridized carbons (Fsp3) is 0.188. The molecule has 0 saturated heterocycles. The van der Waals surface area contributed by atoms with Gasteiger partial charge in [0, 0.05) is 23.6 Å². The van der Waals surface area contributed by atoms with Crippen molar-refractivity contribution in [2.24, 2.45) is 0 Å². The molecule has 1 aromatic carbocycles. The number of benzene rings is 1. The fourth-order valence-electron chi connectivity index (χ4n) is 2.64. The number of hydrogen-bond acceptors (Lipinski definition) is 5. The molecular formula is C16H15N5S. The van der Waals surface area contributed by atoms with Gasteiger partial charge in [0.2, 0.25) is 0 Å². The summed E-state index contributed by atoms with van der Waals surface area (Å²) in [6.07, 6.45) is 3.60. The molecule has 0 aliphatic carbocycles. The smallest absolute Gasteiger partial charge is 0.194 e. The third-order valence-electron chi connectivity index (χ3n) is 3.75. The Morgan fingerprint density at radius 2 is 2.00 bits per heavy atom. The van der Waals surface area contributed by atoms with E-state index in [0.717, 1.165) is 29.1 Å². The minimum Gasteiger partial charge on any atom is -0.343 e. The second-order valence-electron chi connectivity index (χ2n) is 5.22. The highest BCUT2D eigenvalue weighted by molar-refractivity contribution is 7.99. The number of nitrogens with zero attached hydrogens (tertiary/aromatic N) is 5. The molecule has 0 spiro atoms. The summed E-state index contributed by atoms with van der Waals surface area (Å²) in [5.74, 6) is 1.75. The molecule has 0 atom stereocenters. The van der Waals surface area contributed by atoms with E-state index in [2.05, 4.69) is 55.8 Å². The van der Waals surface area contributed by atoms with Crippen LogP contribution in [-0.4, -0.2) is 25.6 Å². The van der Waals surface area contributed by atoms with E-state index in [1.54, 1.807) is 18.0 Å². The zero-order valence-electron chi connectivity index (χ0n) is 12.2. The minimum absolute atomic E-state index is 0.754. The van der Waals surface area contributed by atoms with Crippen molar-refractivity contribution in [1.29, 1.82) is 0 Å². The van der Waals surface area contributed by atoms with Crippen LogP contribution in [0.5, 0.6) is 0 Å². The maximum atomic E-state index is 4.34. The van der Waals surface area contributed by atoms with Gasteiger partial charge in [-0.1, -0.05) is 30.0 Å². The van der Waals surface area contributed by atoms with Crippen LogP contribution in [0.3, 0.4) is 0 Å². The van der Waals surface area contributed by atoms with Crippen LogP contribution in [0.25, 0.3) is 11.4 Å². The summed E-state index contributed by atoms with van der Waals surface area (Å²) in [5, 5.41) is 9.61. The Morgan fingerprint density at radius 1 is 1.09 bits per heavy atom. The van der Waals surface area contributed by atoms with E-state index in [-0.39, 0.29) is 0 Å². The summed E-state index contributed by atoms with van der Waals surface area (Å²) >= 11 is 1.71. The van der Waals surface area contributed by atoms with Crippen molar-refractivity contribution >= 4 is 17.4 Å². The molecule has 6 heteroatoms. The summed E-state index contributed by atoms with van der Waals surface area (Å²) < 4.78 is 2.15. The summed E-state index contributed by atoms with van der Waals surface area (Å²) in [6, 6.07) is 12.4. The molecule has 0 saturated carbocycles. The average Bonchev–Trinajstić information content (AvgIpc) is 2.99. The molecule has 3 heterocycles. The molecule has 22 heavy (non-hydrogen) atoms. The molecule has 1 aliphatic heterocycles. The number of aryl methyl sites for hydroxylation is 1. The highest BCUT2D eigenvalue weighted by Gasteiger charge is 2.23. The largest absolute Gasteiger partial charge is 0.343 e. The number of rotatable bonds is 2. The van der Waals surface area contributed by atoms with Crippen molar-refractivity contribution in [3.8, 4) is 11.4 Å². The SMILES string of the molecule is Cc1ccccc1N1CSc2nnc(-c3cccnc3)n2C1. The Morgan fingerprint density at radius 3 is 2.82 bits per heavy atom. The second-order valence-corrected chi connectivity index (χ2v) is 6.13. The fourth-order valence-corrected chi connectivity index (χ4v) is 3.53. The molecule has 4 rings (SSSR count). The number of thioether (sulfide) groups is 1. The Bertz CT molecular complexity index is 799. The quantitative estimate of drug-likeness (QED) is 0.727. The molecule has 1 aliphatic rings. The van der Waals surface area contributed by atoms with Gasteiger partial charge in [-0.3, -0.25) is 9.55 Å². The normalized spacial score (nSPS) is 14.0. The van der Waals surface area contributed by atoms with Gasteiger partial charge in [0.05, 0.1) is 12.5 Å². The lowest BCUT2D eigenvalue weighted by atomic mass is 10.2. The van der Waals surface area contributed by atoms with E-state index in [1.807, 2.05) is 18.3 Å². The van der Waals surface area contributed by atoms with E-state index in [1.165, 1.54) is 11.3 Å². The van der Waals surface area contributed by atoms with E-state index in [4.69, 9.17) is 0 Å². The number of anilines is 1. The molecule has 0 bridgehead atoms. The molecule has 3 aromatic rings. The van der Waals surface area contributed by atoms with Gasteiger partial charge in [0.25, 0.3) is 0 Å². The maximum Gasteiger partial charge on any atom is 0.194 e. The van der Waals surface area contributed by atoms with Gasteiger partial charge in [-0.25, -0.2) is 0 Å². The molecule has 0 radical (unpaired) electrons. The van der Waals surface area contributed by atoms with Gasteiger partial charge in [0.15, 0.2) is 11.0 Å². The van der Waals surface area contributed by atoms with Crippen LogP contribution < -0.4 is 4.90 Å². The van der Waals surface area contributed by atoms with Gasteiger partial charge in [-0.15, -0.1) is 10.2 Å². The molecule has 0 N–H and O–H groups in total. The van der Waals surface area contributed by atoms with E-state index in [0.29, 0.717) is 0 Å². The summed E-state index contributed by atoms with van der Waals surface area (Å²) in [6.45, 7) is 2.90. The van der Waals surface area contributed by atoms with Crippen LogP contribution in [0, 0.1) is 6.92 Å². The predicted octanol–water partition coefficient (Wildman–Crippen LogP) is 3.18. The van der Waals surface area contributed by atoms with Crippen LogP contribution in [-0.2, 0) is 6.67 Å². The first-order valence-corrected chi connectivity index (χ1v) is 8.08. The Labute approximate surface area is 133 Å². The van der Waals surface area contributed by atoms with Crippen molar-refractivity contribution in [1.82, 2.24) is 19.7 Å². The molecule has 0 amide bonds. The third-order valence-corrected chi connectivity index (χ3v) is 4.76. The number of para-hydroxylation sites is 1. The van der Waals surface area contributed by atoms with E-state index < -0.39 is 0 Å². The van der Waals surface area contributed by atoms with Gasteiger partial charge in [-0.05, 0) is 30.7 Å². The van der Waals surface area contributed by atoms with E-state index in [9.17, 15) is 0 Å². The number of hydrogen-bond donors (Lipinski definition) is 0. The number of pyridine rings is 1. The third kappa shape index (κ3) is 2.25. The van der Waals surface area contributed by atoms with Crippen molar-refractivity contribution in [3.63, 3.8) is 0 Å². The summed E-state index contributed by atoms with van der Waals surface area (Å²) in [5.41, 5.74) is 3.53. The molecular weight excluding hydrogens is 294 g/mol. The Hall–Kier alpha value is -2.34. The first-order chi connectivity index (χ1) is 10.8. The maximum absolute atomic E-state index is 4.34. The highest BCUT2D eigenvalue weighted by Crippen LogP contribution is 2.32. The van der Waals surface area contributed by atoms with Gasteiger partial charge in [-0.2, -0.15) is 0 Å². The van der Waals surface area contributed by atoms with Crippen molar-refractivity contribution in [3.05, 3.63) is 54.4 Å². The zero-order chi connectivity index (χ0) is 14.9. The highest BCUT2D eigenvalue weighted by atomic mass is 32.2. The standard InChI is InChI=1S/C16H15N5S/c1-12-5-2-3-7-14(12)20-10-21-15(13-6-4-8-17-9-13)18-19-16(21)22-11-20/h2-9H,10-11H2,1H3. The van der Waals surface area contributed by atoms with Crippen LogP contribution in [0.1, 0.15) is 5.56 Å². The summed E-state index contributed by atoms with van der Waals surface area (Å²) in [7, 11) is 0. The zero-order valence-corrected chi connectivity index (χ0v) is 13.0. The van der Waals surface area contributed by atoms with Gasteiger partial charge >= 0.3 is 0 Å². The summed E-state index contributed by atoms with van der Waals surface area (Å²) in [4.78, 5) is 6.52. The first kappa shape index (κ1) is 13.3. The van der Waals surface area contributed by atoms with Crippen molar-refractivity contribution in [2.75, 3.05) is 10.8 Å². The second kappa shape index (κ2) is 5.46. The minimum atomic E-state index is 0.754. The van der Waals surface area contributed by atoms with Gasteiger partial charge < -0.3 is 4.90 Å².